The van der Waals surface area contributed by atoms with E-state index in [2.05, 4.69) is 9.97 Å². The number of pyridine rings is 2. The molecule has 0 aliphatic rings. The van der Waals surface area contributed by atoms with E-state index in [9.17, 15) is 5.11 Å². The number of hydrogen-bond donors (Lipinski definition) is 2. The van der Waals surface area contributed by atoms with E-state index in [4.69, 9.17) is 5.73 Å². The third kappa shape index (κ3) is 2.35. The summed E-state index contributed by atoms with van der Waals surface area (Å²) < 4.78 is 0. The molecule has 82 valence electrons. The lowest BCUT2D eigenvalue weighted by Crippen LogP contribution is -2.05. The standard InChI is InChI=1S/C12H13N3O/c13-12-10(2-1-5-15-12)8-11(16)9-3-6-14-7-4-9/h1-7,11,16H,8H2,(H2,13,15). The minimum Gasteiger partial charge on any atom is -0.388 e. The van der Waals surface area contributed by atoms with Gasteiger partial charge in [0, 0.05) is 25.0 Å². The van der Waals surface area contributed by atoms with Gasteiger partial charge in [-0.1, -0.05) is 6.07 Å². The lowest BCUT2D eigenvalue weighted by atomic mass is 10.0. The van der Waals surface area contributed by atoms with Crippen LogP contribution in [-0.4, -0.2) is 15.1 Å². The van der Waals surface area contributed by atoms with Crippen molar-refractivity contribution in [3.8, 4) is 0 Å². The molecular weight excluding hydrogens is 202 g/mol. The second-order valence-corrected chi connectivity index (χ2v) is 3.55. The molecule has 2 rings (SSSR count). The van der Waals surface area contributed by atoms with E-state index in [1.165, 1.54) is 0 Å². The summed E-state index contributed by atoms with van der Waals surface area (Å²) in [5, 5.41) is 9.99. The Morgan fingerprint density at radius 2 is 1.94 bits per heavy atom. The van der Waals surface area contributed by atoms with Crippen molar-refractivity contribution in [2.24, 2.45) is 0 Å². The average Bonchev–Trinajstić information content (AvgIpc) is 2.33. The summed E-state index contributed by atoms with van der Waals surface area (Å²) >= 11 is 0. The molecule has 1 unspecified atom stereocenters. The number of anilines is 1. The van der Waals surface area contributed by atoms with Crippen molar-refractivity contribution in [3.05, 3.63) is 54.0 Å². The number of rotatable bonds is 3. The highest BCUT2D eigenvalue weighted by Crippen LogP contribution is 2.19. The Balaban J connectivity index is 2.14. The van der Waals surface area contributed by atoms with Gasteiger partial charge in [0.25, 0.3) is 0 Å². The Hall–Kier alpha value is -1.94. The van der Waals surface area contributed by atoms with Crippen LogP contribution in [0.5, 0.6) is 0 Å². The fraction of sp³-hybridized carbons (Fsp3) is 0.167. The van der Waals surface area contributed by atoms with Crippen molar-refractivity contribution in [3.63, 3.8) is 0 Å². The molecule has 0 aliphatic carbocycles. The van der Waals surface area contributed by atoms with Gasteiger partial charge < -0.3 is 10.8 Å². The topological polar surface area (TPSA) is 72.0 Å². The average molecular weight is 215 g/mol. The van der Waals surface area contributed by atoms with Crippen LogP contribution >= 0.6 is 0 Å². The van der Waals surface area contributed by atoms with Crippen LogP contribution in [0.2, 0.25) is 0 Å². The van der Waals surface area contributed by atoms with Gasteiger partial charge in [-0.05, 0) is 29.3 Å². The first-order chi connectivity index (χ1) is 7.77. The van der Waals surface area contributed by atoms with Crippen LogP contribution in [0.15, 0.2) is 42.9 Å². The summed E-state index contributed by atoms with van der Waals surface area (Å²) in [6.45, 7) is 0. The van der Waals surface area contributed by atoms with Crippen molar-refractivity contribution >= 4 is 5.82 Å². The summed E-state index contributed by atoms with van der Waals surface area (Å²) in [6, 6.07) is 7.26. The Bertz CT molecular complexity index is 459. The van der Waals surface area contributed by atoms with Gasteiger partial charge in [-0.25, -0.2) is 4.98 Å². The van der Waals surface area contributed by atoms with Crippen LogP contribution in [0.4, 0.5) is 5.82 Å². The van der Waals surface area contributed by atoms with Gasteiger partial charge in [0.05, 0.1) is 6.10 Å². The number of nitrogens with zero attached hydrogens (tertiary/aromatic N) is 2. The van der Waals surface area contributed by atoms with Crippen molar-refractivity contribution < 1.29 is 5.11 Å². The molecule has 2 heterocycles. The van der Waals surface area contributed by atoms with E-state index in [1.54, 1.807) is 30.7 Å². The predicted molar refractivity (Wildman–Crippen MR) is 61.6 cm³/mol. The molecule has 4 nitrogen and oxygen atoms in total. The maximum Gasteiger partial charge on any atom is 0.126 e. The zero-order valence-electron chi connectivity index (χ0n) is 8.74. The molecule has 16 heavy (non-hydrogen) atoms. The molecule has 4 heteroatoms. The molecule has 0 radical (unpaired) electrons. The number of aromatic nitrogens is 2. The van der Waals surface area contributed by atoms with Crippen LogP contribution < -0.4 is 5.73 Å². The van der Waals surface area contributed by atoms with E-state index in [1.807, 2.05) is 12.1 Å². The molecular formula is C12H13N3O. The molecule has 1 atom stereocenters. The summed E-state index contributed by atoms with van der Waals surface area (Å²) in [5.41, 5.74) is 7.40. The number of aliphatic hydroxyl groups is 1. The molecule has 0 amide bonds. The maximum absolute atomic E-state index is 9.99. The van der Waals surface area contributed by atoms with Gasteiger partial charge in [0.15, 0.2) is 0 Å². The van der Waals surface area contributed by atoms with Crippen LogP contribution in [0.1, 0.15) is 17.2 Å². The van der Waals surface area contributed by atoms with Crippen molar-refractivity contribution in [1.29, 1.82) is 0 Å². The highest BCUT2D eigenvalue weighted by atomic mass is 16.3. The first kappa shape index (κ1) is 10.6. The monoisotopic (exact) mass is 215 g/mol. The Kier molecular flexibility index (Phi) is 3.12. The first-order valence-electron chi connectivity index (χ1n) is 5.04. The summed E-state index contributed by atoms with van der Waals surface area (Å²) in [6.07, 6.45) is 4.84. The number of nitrogen functional groups attached to an aromatic ring is 1. The molecule has 3 N–H and O–H groups in total. The van der Waals surface area contributed by atoms with Crippen molar-refractivity contribution in [1.82, 2.24) is 9.97 Å². The zero-order chi connectivity index (χ0) is 11.4. The Morgan fingerprint density at radius 1 is 1.19 bits per heavy atom. The van der Waals surface area contributed by atoms with Crippen LogP contribution in [0, 0.1) is 0 Å². The SMILES string of the molecule is Nc1ncccc1CC(O)c1ccncc1. The molecule has 0 aliphatic heterocycles. The van der Waals surface area contributed by atoms with E-state index in [0.29, 0.717) is 12.2 Å². The van der Waals surface area contributed by atoms with Crippen molar-refractivity contribution in [2.45, 2.75) is 12.5 Å². The molecule has 0 fully saturated rings. The number of hydrogen-bond acceptors (Lipinski definition) is 4. The van der Waals surface area contributed by atoms with Gasteiger partial charge in [-0.3, -0.25) is 4.98 Å². The molecule has 0 saturated carbocycles. The van der Waals surface area contributed by atoms with Gasteiger partial charge in [-0.2, -0.15) is 0 Å². The summed E-state index contributed by atoms with van der Waals surface area (Å²) in [7, 11) is 0. The van der Waals surface area contributed by atoms with Crippen molar-refractivity contribution in [2.75, 3.05) is 5.73 Å². The fourth-order valence-electron chi connectivity index (χ4n) is 1.54. The Labute approximate surface area is 93.8 Å². The van der Waals surface area contributed by atoms with E-state index >= 15 is 0 Å². The lowest BCUT2D eigenvalue weighted by molar-refractivity contribution is 0.178. The van der Waals surface area contributed by atoms with E-state index < -0.39 is 6.10 Å². The summed E-state index contributed by atoms with van der Waals surface area (Å²) in [4.78, 5) is 7.88. The molecule has 0 bridgehead atoms. The quantitative estimate of drug-likeness (QED) is 0.810. The molecule has 0 saturated heterocycles. The first-order valence-corrected chi connectivity index (χ1v) is 5.04. The van der Waals surface area contributed by atoms with Gasteiger partial charge in [0.2, 0.25) is 0 Å². The molecule has 2 aromatic heterocycles. The van der Waals surface area contributed by atoms with Gasteiger partial charge in [-0.15, -0.1) is 0 Å². The normalized spacial score (nSPS) is 12.3. The molecule has 0 aromatic carbocycles. The second kappa shape index (κ2) is 4.72. The van der Waals surface area contributed by atoms with E-state index in [-0.39, 0.29) is 0 Å². The highest BCUT2D eigenvalue weighted by molar-refractivity contribution is 5.39. The second-order valence-electron chi connectivity index (χ2n) is 3.55. The van der Waals surface area contributed by atoms with E-state index in [0.717, 1.165) is 11.1 Å². The molecule has 0 spiro atoms. The largest absolute Gasteiger partial charge is 0.388 e. The van der Waals surface area contributed by atoms with Crippen LogP contribution in [0.3, 0.4) is 0 Å². The zero-order valence-corrected chi connectivity index (χ0v) is 8.74. The minimum atomic E-state index is -0.575. The minimum absolute atomic E-state index is 0.462. The third-order valence-corrected chi connectivity index (χ3v) is 2.43. The highest BCUT2D eigenvalue weighted by Gasteiger charge is 2.10. The summed E-state index contributed by atoms with van der Waals surface area (Å²) in [5.74, 6) is 0.468. The lowest BCUT2D eigenvalue weighted by Gasteiger charge is -2.11. The Morgan fingerprint density at radius 3 is 2.62 bits per heavy atom. The predicted octanol–water partition coefficient (Wildman–Crippen LogP) is 1.33. The van der Waals surface area contributed by atoms with Crippen LogP contribution in [-0.2, 0) is 6.42 Å². The number of aliphatic hydroxyl groups excluding tert-OH is 1. The third-order valence-electron chi connectivity index (χ3n) is 2.43. The maximum atomic E-state index is 9.99. The molecule has 2 aromatic rings. The fourth-order valence-corrected chi connectivity index (χ4v) is 1.54. The number of nitrogens with two attached hydrogens (primary N) is 1. The smallest absolute Gasteiger partial charge is 0.126 e. The van der Waals surface area contributed by atoms with Gasteiger partial charge >= 0.3 is 0 Å². The van der Waals surface area contributed by atoms with Crippen LogP contribution in [0.25, 0.3) is 0 Å². The van der Waals surface area contributed by atoms with Gasteiger partial charge in [0.1, 0.15) is 5.82 Å².